The van der Waals surface area contributed by atoms with E-state index in [0.29, 0.717) is 53.9 Å². The Morgan fingerprint density at radius 3 is 1.75 bits per heavy atom. The molecule has 0 spiro atoms. The van der Waals surface area contributed by atoms with Crippen LogP contribution in [-0.2, 0) is 59.8 Å². The monoisotopic (exact) mass is 1090 g/mol. The highest BCUT2D eigenvalue weighted by Gasteiger charge is 2.74. The van der Waals surface area contributed by atoms with E-state index in [9.17, 15) is 0 Å². The molecule has 3 aliphatic rings. The van der Waals surface area contributed by atoms with E-state index in [-0.39, 0.29) is 39.6 Å². The van der Waals surface area contributed by atoms with Crippen molar-refractivity contribution in [1.82, 2.24) is 9.88 Å². The first-order valence-electron chi connectivity index (χ1n) is 20.9. The number of ether oxygens (including phenoxy) is 6. The zero-order valence-corrected chi connectivity index (χ0v) is 41.8. The molecule has 352 valence electrons. The predicted octanol–water partition coefficient (Wildman–Crippen LogP) is 13.7. The van der Waals surface area contributed by atoms with Gasteiger partial charge in [-0.15, -0.1) is 23.2 Å². The van der Waals surface area contributed by atoms with Gasteiger partial charge in [-0.05, 0) is 58.7 Å². The first-order valence-corrected chi connectivity index (χ1v) is 24.5. The highest BCUT2D eigenvalue weighted by Crippen LogP contribution is 2.63. The van der Waals surface area contributed by atoms with Crippen LogP contribution in [-0.4, -0.2) is 74.9 Å². The summed E-state index contributed by atoms with van der Waals surface area (Å²) in [5.41, 5.74) is 3.86. The number of fused-ring (bicyclic) bond motifs is 1. The summed E-state index contributed by atoms with van der Waals surface area (Å²) in [5, 5.41) is -4.32. The molecule has 0 aliphatic carbocycles. The number of aliphatic imine (C=N–C) groups is 1. The van der Waals surface area contributed by atoms with E-state index in [1.165, 1.54) is 17.5 Å². The summed E-state index contributed by atoms with van der Waals surface area (Å²) in [7, 11) is 0. The summed E-state index contributed by atoms with van der Waals surface area (Å²) >= 11 is 64.8. The molecule has 0 radical (unpaired) electrons. The van der Waals surface area contributed by atoms with Crippen molar-refractivity contribution in [2.75, 3.05) is 13.2 Å². The molecule has 0 amide bonds. The Bertz CT molecular complexity index is 2670. The number of hydrogen-bond acceptors (Lipinski definition) is 9. The van der Waals surface area contributed by atoms with Gasteiger partial charge in [-0.2, -0.15) is 0 Å². The van der Waals surface area contributed by atoms with Crippen molar-refractivity contribution in [3.63, 3.8) is 0 Å². The molecule has 6 aromatic rings. The summed E-state index contributed by atoms with van der Waals surface area (Å²) in [6.45, 7) is 0.248. The van der Waals surface area contributed by atoms with Gasteiger partial charge in [0.1, 0.15) is 36.0 Å². The molecular formula is C48H40Cl9N3O7. The number of H-pyrrole nitrogens is 1. The number of nitrogens with one attached hydrogen (secondary N) is 1. The fraction of sp³-hybridized carbons (Fsp3) is 0.312. The molecule has 2 aromatic heterocycles. The van der Waals surface area contributed by atoms with Crippen LogP contribution in [0.5, 0.6) is 0 Å². The summed E-state index contributed by atoms with van der Waals surface area (Å²) in [4.78, 5) is 7.38. The molecule has 5 heterocycles. The molecule has 9 unspecified atom stereocenters. The quantitative estimate of drug-likeness (QED) is 0.0712. The molecule has 1 N–H and O–H groups in total. The third-order valence-corrected chi connectivity index (χ3v) is 15.7. The Hall–Kier alpha value is -2.72. The van der Waals surface area contributed by atoms with Crippen LogP contribution in [0.3, 0.4) is 0 Å². The van der Waals surface area contributed by atoms with Crippen molar-refractivity contribution in [3.8, 4) is 11.3 Å². The largest absolute Gasteiger partial charge is 0.464 e. The maximum atomic E-state index is 8.40. The molecule has 9 rings (SSSR count). The fourth-order valence-electron chi connectivity index (χ4n) is 8.38. The Kier molecular flexibility index (Phi) is 15.4. The molecule has 19 heteroatoms. The number of aromatic nitrogens is 1. The van der Waals surface area contributed by atoms with Crippen LogP contribution in [0.2, 0.25) is 20.1 Å². The second kappa shape index (κ2) is 20.9. The predicted molar refractivity (Wildman–Crippen MR) is 264 cm³/mol. The Labute approximate surface area is 432 Å². The summed E-state index contributed by atoms with van der Waals surface area (Å²) in [6.07, 6.45) is 0.479. The number of rotatable bonds is 17. The maximum absolute atomic E-state index is 8.40. The topological polar surface area (TPSA) is 99.9 Å². The van der Waals surface area contributed by atoms with Crippen LogP contribution < -0.4 is 0 Å². The lowest BCUT2D eigenvalue weighted by Gasteiger charge is -2.54. The van der Waals surface area contributed by atoms with Crippen LogP contribution in [0.25, 0.3) is 11.3 Å². The number of alkyl halides is 5. The molecule has 4 aromatic carbocycles. The van der Waals surface area contributed by atoms with Gasteiger partial charge in [-0.3, -0.25) is 4.90 Å². The lowest BCUT2D eigenvalue weighted by Crippen LogP contribution is -2.68. The van der Waals surface area contributed by atoms with Crippen molar-refractivity contribution < 1.29 is 32.8 Å². The second-order valence-corrected chi connectivity index (χ2v) is 20.4. The molecular weight excluding hydrogens is 1050 g/mol. The highest BCUT2D eigenvalue weighted by atomic mass is 35.5. The van der Waals surface area contributed by atoms with Gasteiger partial charge in [-0.1, -0.05) is 154 Å². The van der Waals surface area contributed by atoms with Gasteiger partial charge < -0.3 is 37.8 Å². The summed E-state index contributed by atoms with van der Waals surface area (Å²) in [6, 6.07) is 32.9. The molecule has 3 aliphatic heterocycles. The van der Waals surface area contributed by atoms with Crippen LogP contribution in [0.1, 0.15) is 27.8 Å². The SMILES string of the molecule is Clc1ccc(COCC2OC(Cl)(N3C=Nc4[nH]cc(-c5ccco5)c4C3(Cl)C3(Cl)OC(COCc4ccc(Cl)cc4Cl)C(Cl)C3OCc3ccccc3)C(OCc3ccccc3)C2Cl)c(Cl)c1. The fourth-order valence-corrected chi connectivity index (χ4v) is 11.7. The van der Waals surface area contributed by atoms with Crippen molar-refractivity contribution >= 4 is 117 Å². The first-order chi connectivity index (χ1) is 32.3. The van der Waals surface area contributed by atoms with E-state index >= 15 is 0 Å². The van der Waals surface area contributed by atoms with E-state index in [1.807, 2.05) is 60.7 Å². The average Bonchev–Trinajstić information content (AvgIpc) is 4.11. The molecule has 10 nitrogen and oxygen atoms in total. The van der Waals surface area contributed by atoms with Crippen molar-refractivity contribution in [1.29, 1.82) is 0 Å². The van der Waals surface area contributed by atoms with Gasteiger partial charge in [0.05, 0.1) is 68.6 Å². The second-order valence-electron chi connectivity index (χ2n) is 16.0. The zero-order valence-electron chi connectivity index (χ0n) is 35.0. The number of nitrogens with zero attached hydrogens (tertiary/aromatic N) is 2. The van der Waals surface area contributed by atoms with Gasteiger partial charge >= 0.3 is 0 Å². The van der Waals surface area contributed by atoms with E-state index in [1.54, 1.807) is 54.7 Å². The zero-order chi connectivity index (χ0) is 46.9. The Morgan fingerprint density at radius 1 is 0.642 bits per heavy atom. The molecule has 0 saturated carbocycles. The maximum Gasteiger partial charge on any atom is 0.250 e. The summed E-state index contributed by atoms with van der Waals surface area (Å²) in [5.74, 6) is 0.741. The van der Waals surface area contributed by atoms with Crippen LogP contribution in [0.4, 0.5) is 5.82 Å². The third kappa shape index (κ3) is 9.86. The van der Waals surface area contributed by atoms with Gasteiger partial charge in [-0.25, -0.2) is 4.99 Å². The average molecular weight is 1090 g/mol. The number of halogens is 9. The highest BCUT2D eigenvalue weighted by molar-refractivity contribution is 6.38. The molecule has 9 atom stereocenters. The molecule has 2 fully saturated rings. The van der Waals surface area contributed by atoms with Crippen LogP contribution >= 0.6 is 104 Å². The van der Waals surface area contributed by atoms with Crippen molar-refractivity contribution in [2.24, 2.45) is 4.99 Å². The number of furan rings is 1. The minimum atomic E-state index is -2.15. The summed E-state index contributed by atoms with van der Waals surface area (Å²) < 4.78 is 45.7. The first kappa shape index (κ1) is 49.3. The van der Waals surface area contributed by atoms with E-state index in [4.69, 9.17) is 142 Å². The van der Waals surface area contributed by atoms with Crippen LogP contribution in [0, 0.1) is 0 Å². The van der Waals surface area contributed by atoms with Crippen LogP contribution in [0.15, 0.2) is 131 Å². The van der Waals surface area contributed by atoms with Gasteiger partial charge in [0.15, 0.2) is 5.00 Å². The molecule has 2 saturated heterocycles. The molecule has 0 bridgehead atoms. The van der Waals surface area contributed by atoms with Crippen molar-refractivity contribution in [3.05, 3.63) is 170 Å². The minimum Gasteiger partial charge on any atom is -0.464 e. The third-order valence-electron chi connectivity index (χ3n) is 11.7. The number of hydrogen-bond donors (Lipinski definition) is 1. The van der Waals surface area contributed by atoms with E-state index in [2.05, 4.69) is 4.98 Å². The number of aromatic amines is 1. The Morgan fingerprint density at radius 2 is 1.19 bits per heavy atom. The lowest BCUT2D eigenvalue weighted by atomic mass is 9.90. The van der Waals surface area contributed by atoms with E-state index < -0.39 is 50.4 Å². The van der Waals surface area contributed by atoms with Gasteiger partial charge in [0.2, 0.25) is 5.06 Å². The van der Waals surface area contributed by atoms with Gasteiger partial charge in [0.25, 0.3) is 5.18 Å². The standard InChI is InChI=1S/C48H40Cl9N3O7/c49-32-15-13-30(35(51)18-32)23-61-25-38-41(53)43(64-21-28-8-3-1-4-9-28)47(56,66-38)46(55)40-34(37-12-7-17-63-37)20-58-45(40)59-27-60(46)48(57)44(65-22-29-10-5-2-6-11-29)42(54)39(67-48)26-62-24-31-14-16-33(50)19-36(31)52/h1-20,27,38-39,41-44,58H,21-26H2. The number of benzene rings is 4. The van der Waals surface area contributed by atoms with Crippen molar-refractivity contribution in [2.45, 2.75) is 76.8 Å². The van der Waals surface area contributed by atoms with E-state index in [0.717, 1.165) is 11.1 Å². The minimum absolute atomic E-state index is 0.0494. The molecule has 67 heavy (non-hydrogen) atoms. The van der Waals surface area contributed by atoms with Gasteiger partial charge in [0, 0.05) is 31.9 Å². The lowest BCUT2D eigenvalue weighted by molar-refractivity contribution is -0.181. The normalized spacial score (nSPS) is 28.0. The smallest absolute Gasteiger partial charge is 0.250 e. The Balaban J connectivity index is 1.13.